The maximum absolute atomic E-state index is 10.9. The van der Waals surface area contributed by atoms with Gasteiger partial charge in [0, 0.05) is 22.5 Å². The Morgan fingerprint density at radius 1 is 1.35 bits per heavy atom. The maximum Gasteiger partial charge on any atom is 0.269 e. The van der Waals surface area contributed by atoms with Crippen LogP contribution < -0.4 is 4.74 Å². The van der Waals surface area contributed by atoms with E-state index in [2.05, 4.69) is 15.9 Å². The first-order chi connectivity index (χ1) is 9.61. The molecule has 0 bridgehead atoms. The van der Waals surface area contributed by atoms with Crippen LogP contribution in [0.2, 0.25) is 0 Å². The van der Waals surface area contributed by atoms with Gasteiger partial charge in [-0.05, 0) is 31.2 Å². The normalized spacial score (nSPS) is 23.1. The first-order valence-electron chi connectivity index (χ1n) is 7.07. The molecule has 0 heterocycles. The van der Waals surface area contributed by atoms with Gasteiger partial charge in [0.05, 0.1) is 12.0 Å². The van der Waals surface area contributed by atoms with Crippen molar-refractivity contribution in [1.82, 2.24) is 0 Å². The highest BCUT2D eigenvalue weighted by atomic mass is 79.9. The molecular formula is C15H20BrNO3. The standard InChI is InChI=1S/C15H20BrNO3/c1-20-15-8-7-13(17(18)19)10-12(15)9-11-5-3-2-4-6-14(11)16/h7-8,10-11,14H,2-6,9H2,1H3. The quantitative estimate of drug-likeness (QED) is 0.351. The Labute approximate surface area is 127 Å². The molecule has 0 saturated heterocycles. The van der Waals surface area contributed by atoms with Gasteiger partial charge in [-0.15, -0.1) is 0 Å². The zero-order valence-corrected chi connectivity index (χ0v) is 13.3. The Morgan fingerprint density at radius 3 is 2.80 bits per heavy atom. The molecule has 2 atom stereocenters. The molecule has 2 rings (SSSR count). The SMILES string of the molecule is COc1ccc([N+](=O)[O-])cc1CC1CCCCCC1Br. The summed E-state index contributed by atoms with van der Waals surface area (Å²) in [5.41, 5.74) is 1.08. The number of halogens is 1. The second-order valence-electron chi connectivity index (χ2n) is 5.37. The largest absolute Gasteiger partial charge is 0.496 e. The molecule has 110 valence electrons. The van der Waals surface area contributed by atoms with Crippen molar-refractivity contribution in [3.05, 3.63) is 33.9 Å². The number of alkyl halides is 1. The minimum absolute atomic E-state index is 0.139. The molecule has 1 aliphatic carbocycles. The lowest BCUT2D eigenvalue weighted by Gasteiger charge is -2.21. The van der Waals surface area contributed by atoms with E-state index in [4.69, 9.17) is 4.74 Å². The lowest BCUT2D eigenvalue weighted by molar-refractivity contribution is -0.384. The number of non-ortho nitro benzene ring substituents is 1. The Bertz CT molecular complexity index is 478. The van der Waals surface area contributed by atoms with Crippen molar-refractivity contribution in [2.45, 2.75) is 43.4 Å². The predicted molar refractivity (Wildman–Crippen MR) is 82.6 cm³/mol. The molecule has 5 heteroatoms. The van der Waals surface area contributed by atoms with Gasteiger partial charge in [-0.1, -0.05) is 35.2 Å². The molecule has 0 aromatic heterocycles. The van der Waals surface area contributed by atoms with Gasteiger partial charge < -0.3 is 4.74 Å². The number of hydrogen-bond acceptors (Lipinski definition) is 3. The van der Waals surface area contributed by atoms with Crippen molar-refractivity contribution in [1.29, 1.82) is 0 Å². The fourth-order valence-electron chi connectivity index (χ4n) is 2.89. The number of nitrogens with zero attached hydrogens (tertiary/aromatic N) is 1. The first kappa shape index (κ1) is 15.3. The molecule has 0 amide bonds. The van der Waals surface area contributed by atoms with Crippen molar-refractivity contribution >= 4 is 21.6 Å². The van der Waals surface area contributed by atoms with Gasteiger partial charge in [0.1, 0.15) is 5.75 Å². The predicted octanol–water partition coefficient (Wildman–Crippen LogP) is 4.49. The molecule has 0 N–H and O–H groups in total. The third-order valence-electron chi connectivity index (χ3n) is 4.02. The average Bonchev–Trinajstić information content (AvgIpc) is 2.64. The van der Waals surface area contributed by atoms with Crippen LogP contribution in [0.4, 0.5) is 5.69 Å². The number of nitro groups is 1. The van der Waals surface area contributed by atoms with Crippen LogP contribution in [0.15, 0.2) is 18.2 Å². The van der Waals surface area contributed by atoms with E-state index in [1.807, 2.05) is 0 Å². The topological polar surface area (TPSA) is 52.4 Å². The highest BCUT2D eigenvalue weighted by Crippen LogP contribution is 2.34. The van der Waals surface area contributed by atoms with Crippen molar-refractivity contribution < 1.29 is 9.66 Å². The van der Waals surface area contributed by atoms with Crippen LogP contribution in [0.3, 0.4) is 0 Å². The van der Waals surface area contributed by atoms with Gasteiger partial charge in [-0.3, -0.25) is 10.1 Å². The minimum Gasteiger partial charge on any atom is -0.496 e. The van der Waals surface area contributed by atoms with E-state index in [0.717, 1.165) is 17.7 Å². The molecule has 1 saturated carbocycles. The van der Waals surface area contributed by atoms with E-state index < -0.39 is 0 Å². The van der Waals surface area contributed by atoms with Gasteiger partial charge in [-0.25, -0.2) is 0 Å². The average molecular weight is 342 g/mol. The fourth-order valence-corrected chi connectivity index (χ4v) is 3.66. The Balaban J connectivity index is 2.21. The summed E-state index contributed by atoms with van der Waals surface area (Å²) in [6.07, 6.45) is 6.97. The van der Waals surface area contributed by atoms with Crippen molar-refractivity contribution in [3.8, 4) is 5.75 Å². The zero-order valence-electron chi connectivity index (χ0n) is 11.7. The third-order valence-corrected chi connectivity index (χ3v) is 5.23. The molecule has 1 aliphatic rings. The van der Waals surface area contributed by atoms with E-state index in [9.17, 15) is 10.1 Å². The van der Waals surface area contributed by atoms with Crippen LogP contribution in [0.5, 0.6) is 5.75 Å². The second kappa shape index (κ2) is 7.07. The van der Waals surface area contributed by atoms with E-state index in [-0.39, 0.29) is 10.6 Å². The van der Waals surface area contributed by atoms with Crippen molar-refractivity contribution in [2.24, 2.45) is 5.92 Å². The van der Waals surface area contributed by atoms with Gasteiger partial charge >= 0.3 is 0 Å². The summed E-state index contributed by atoms with van der Waals surface area (Å²) in [6.45, 7) is 0. The summed E-state index contributed by atoms with van der Waals surface area (Å²) in [6, 6.07) is 4.86. The first-order valence-corrected chi connectivity index (χ1v) is 7.98. The molecule has 0 radical (unpaired) electrons. The summed E-state index contributed by atoms with van der Waals surface area (Å²) in [5, 5.41) is 10.9. The van der Waals surface area contributed by atoms with Gasteiger partial charge in [0.2, 0.25) is 0 Å². The zero-order chi connectivity index (χ0) is 14.5. The molecular weight excluding hydrogens is 322 g/mol. The molecule has 1 aromatic rings. The van der Waals surface area contributed by atoms with Gasteiger partial charge in [0.15, 0.2) is 0 Å². The highest BCUT2D eigenvalue weighted by Gasteiger charge is 2.23. The molecule has 1 aromatic carbocycles. The number of methoxy groups -OCH3 is 1. The van der Waals surface area contributed by atoms with Crippen LogP contribution in [0.1, 0.15) is 37.7 Å². The summed E-state index contributed by atoms with van der Waals surface area (Å²) in [4.78, 5) is 11.1. The highest BCUT2D eigenvalue weighted by molar-refractivity contribution is 9.09. The van der Waals surface area contributed by atoms with E-state index >= 15 is 0 Å². The number of ether oxygens (including phenoxy) is 1. The molecule has 2 unspecified atom stereocenters. The van der Waals surface area contributed by atoms with Crippen LogP contribution in [0.25, 0.3) is 0 Å². The van der Waals surface area contributed by atoms with Gasteiger partial charge in [-0.2, -0.15) is 0 Å². The minimum atomic E-state index is -0.346. The van der Waals surface area contributed by atoms with Gasteiger partial charge in [0.25, 0.3) is 5.69 Å². The number of benzene rings is 1. The Kier molecular flexibility index (Phi) is 5.40. The summed E-state index contributed by atoms with van der Waals surface area (Å²) >= 11 is 3.78. The lowest BCUT2D eigenvalue weighted by Crippen LogP contribution is -2.16. The summed E-state index contributed by atoms with van der Waals surface area (Å²) in [5.74, 6) is 1.27. The van der Waals surface area contributed by atoms with Crippen molar-refractivity contribution in [3.63, 3.8) is 0 Å². The lowest BCUT2D eigenvalue weighted by atomic mass is 9.91. The molecule has 20 heavy (non-hydrogen) atoms. The molecule has 1 fully saturated rings. The van der Waals surface area contributed by atoms with Crippen LogP contribution in [-0.4, -0.2) is 16.9 Å². The summed E-state index contributed by atoms with van der Waals surface area (Å²) in [7, 11) is 1.61. The molecule has 0 aliphatic heterocycles. The van der Waals surface area contributed by atoms with Crippen molar-refractivity contribution in [2.75, 3.05) is 7.11 Å². The van der Waals surface area contributed by atoms with Crippen LogP contribution in [-0.2, 0) is 6.42 Å². The van der Waals surface area contributed by atoms with E-state index in [0.29, 0.717) is 10.7 Å². The number of nitro benzene ring substituents is 1. The molecule has 4 nitrogen and oxygen atoms in total. The maximum atomic E-state index is 10.9. The summed E-state index contributed by atoms with van der Waals surface area (Å²) < 4.78 is 5.35. The fraction of sp³-hybridized carbons (Fsp3) is 0.600. The Morgan fingerprint density at radius 2 is 2.10 bits per heavy atom. The van der Waals surface area contributed by atoms with E-state index in [1.165, 1.54) is 38.2 Å². The van der Waals surface area contributed by atoms with Crippen LogP contribution >= 0.6 is 15.9 Å². The number of rotatable bonds is 4. The number of hydrogen-bond donors (Lipinski definition) is 0. The van der Waals surface area contributed by atoms with E-state index in [1.54, 1.807) is 19.2 Å². The smallest absolute Gasteiger partial charge is 0.269 e. The third kappa shape index (κ3) is 3.72. The molecule has 0 spiro atoms. The van der Waals surface area contributed by atoms with Crippen LogP contribution in [0, 0.1) is 16.0 Å². The Hall–Kier alpha value is -1.10. The monoisotopic (exact) mass is 341 g/mol. The second-order valence-corrected chi connectivity index (χ2v) is 6.55.